The van der Waals surface area contributed by atoms with Crippen molar-refractivity contribution in [2.75, 3.05) is 19.6 Å². The highest BCUT2D eigenvalue weighted by Crippen LogP contribution is 2.32. The van der Waals surface area contributed by atoms with Crippen molar-refractivity contribution in [2.24, 2.45) is 5.92 Å². The Morgan fingerprint density at radius 1 is 1.23 bits per heavy atom. The van der Waals surface area contributed by atoms with Crippen molar-refractivity contribution >= 4 is 23.4 Å². The first-order valence-corrected chi connectivity index (χ1v) is 11.2. The van der Waals surface area contributed by atoms with Gasteiger partial charge in [-0.3, -0.25) is 14.4 Å². The van der Waals surface area contributed by atoms with Crippen LogP contribution in [0.5, 0.6) is 0 Å². The van der Waals surface area contributed by atoms with Gasteiger partial charge in [-0.05, 0) is 25.7 Å². The SMILES string of the molecule is O=C(CCc1cc(Cl)no1)N1CC[C@@H](c2nc3c(c(=O)[nH]2)CCN(C(=O)C2CC2)C3)C1. The smallest absolute Gasteiger partial charge is 0.254 e. The quantitative estimate of drug-likeness (QED) is 0.748. The van der Waals surface area contributed by atoms with Crippen LogP contribution in [0.4, 0.5) is 0 Å². The van der Waals surface area contributed by atoms with Gasteiger partial charge in [0.15, 0.2) is 5.15 Å². The maximum Gasteiger partial charge on any atom is 0.254 e. The predicted molar refractivity (Wildman–Crippen MR) is 110 cm³/mol. The zero-order valence-corrected chi connectivity index (χ0v) is 17.9. The molecule has 9 nitrogen and oxygen atoms in total. The van der Waals surface area contributed by atoms with E-state index in [-0.39, 0.29) is 34.4 Å². The summed E-state index contributed by atoms with van der Waals surface area (Å²) in [5.41, 5.74) is 1.26. The Hall–Kier alpha value is -2.68. The van der Waals surface area contributed by atoms with Crippen LogP contribution in [0, 0.1) is 5.92 Å². The molecule has 31 heavy (non-hydrogen) atoms. The Morgan fingerprint density at radius 2 is 2.06 bits per heavy atom. The third-order valence-electron chi connectivity index (χ3n) is 6.37. The first-order chi connectivity index (χ1) is 15.0. The van der Waals surface area contributed by atoms with E-state index in [1.807, 2.05) is 4.90 Å². The average molecular weight is 446 g/mol. The molecule has 2 fully saturated rings. The minimum atomic E-state index is -0.120. The maximum absolute atomic E-state index is 12.6. The Balaban J connectivity index is 1.24. The summed E-state index contributed by atoms with van der Waals surface area (Å²) in [5.74, 6) is 1.54. The lowest BCUT2D eigenvalue weighted by Gasteiger charge is -2.28. The van der Waals surface area contributed by atoms with Crippen LogP contribution in [0.15, 0.2) is 15.4 Å². The Bertz CT molecular complexity index is 1080. The molecule has 0 bridgehead atoms. The highest BCUT2D eigenvalue weighted by molar-refractivity contribution is 6.29. The number of aromatic nitrogens is 3. The van der Waals surface area contributed by atoms with Crippen molar-refractivity contribution in [3.05, 3.63) is 44.4 Å². The molecule has 2 aliphatic heterocycles. The van der Waals surface area contributed by atoms with E-state index >= 15 is 0 Å². The summed E-state index contributed by atoms with van der Waals surface area (Å²) in [6, 6.07) is 1.61. The van der Waals surface area contributed by atoms with Crippen LogP contribution in [0.3, 0.4) is 0 Å². The third-order valence-corrected chi connectivity index (χ3v) is 6.55. The fraction of sp³-hybridized carbons (Fsp3) is 0.571. The summed E-state index contributed by atoms with van der Waals surface area (Å²) in [5, 5.41) is 3.90. The van der Waals surface area contributed by atoms with E-state index in [0.29, 0.717) is 68.3 Å². The van der Waals surface area contributed by atoms with Gasteiger partial charge < -0.3 is 19.3 Å². The van der Waals surface area contributed by atoms with Gasteiger partial charge in [-0.1, -0.05) is 16.8 Å². The molecular weight excluding hydrogens is 422 g/mol. The van der Waals surface area contributed by atoms with E-state index < -0.39 is 0 Å². The second kappa shape index (κ2) is 8.11. The Labute approximate surface area is 183 Å². The molecule has 0 unspecified atom stereocenters. The number of H-pyrrole nitrogens is 1. The minimum absolute atomic E-state index is 0.0174. The van der Waals surface area contributed by atoms with Gasteiger partial charge in [-0.25, -0.2) is 4.98 Å². The van der Waals surface area contributed by atoms with Crippen molar-refractivity contribution in [3.8, 4) is 0 Å². The number of carbonyl (C=O) groups excluding carboxylic acids is 2. The molecule has 1 saturated carbocycles. The Kier molecular flexibility index (Phi) is 5.29. The van der Waals surface area contributed by atoms with Crippen molar-refractivity contribution in [1.82, 2.24) is 24.9 Å². The largest absolute Gasteiger partial charge is 0.360 e. The third kappa shape index (κ3) is 4.23. The topological polar surface area (TPSA) is 112 Å². The molecule has 4 heterocycles. The lowest BCUT2D eigenvalue weighted by Crippen LogP contribution is -2.40. The number of amides is 2. The number of rotatable bonds is 5. The number of fused-ring (bicyclic) bond motifs is 1. The van der Waals surface area contributed by atoms with Crippen LogP contribution in [0.2, 0.25) is 5.15 Å². The van der Waals surface area contributed by atoms with Crippen LogP contribution >= 0.6 is 11.6 Å². The summed E-state index contributed by atoms with van der Waals surface area (Å²) in [7, 11) is 0. The number of likely N-dealkylation sites (tertiary alicyclic amines) is 1. The van der Waals surface area contributed by atoms with E-state index in [9.17, 15) is 14.4 Å². The molecule has 0 spiro atoms. The van der Waals surface area contributed by atoms with Crippen LogP contribution in [0.25, 0.3) is 0 Å². The van der Waals surface area contributed by atoms with Gasteiger partial charge in [0, 0.05) is 55.9 Å². The standard InChI is InChI=1S/C21H24ClN5O4/c22-17-9-14(31-25-17)3-4-18(28)26-7-5-13(10-26)19-23-16-11-27(21(30)12-1-2-12)8-6-15(16)20(29)24-19/h9,12-13H,1-8,10-11H2,(H,23,24,29)/t13-/m1/s1. The highest BCUT2D eigenvalue weighted by atomic mass is 35.5. The zero-order valence-electron chi connectivity index (χ0n) is 17.1. The minimum Gasteiger partial charge on any atom is -0.360 e. The fourth-order valence-corrected chi connectivity index (χ4v) is 4.59. The van der Waals surface area contributed by atoms with Gasteiger partial charge in [0.25, 0.3) is 5.56 Å². The maximum atomic E-state index is 12.6. The van der Waals surface area contributed by atoms with Crippen molar-refractivity contribution in [2.45, 2.75) is 51.0 Å². The summed E-state index contributed by atoms with van der Waals surface area (Å²) in [6.45, 7) is 2.11. The van der Waals surface area contributed by atoms with Gasteiger partial charge in [-0.15, -0.1) is 0 Å². The molecule has 164 valence electrons. The number of hydrogen-bond donors (Lipinski definition) is 1. The van der Waals surface area contributed by atoms with Gasteiger partial charge >= 0.3 is 0 Å². The number of halogens is 1. The molecule has 1 aliphatic carbocycles. The summed E-state index contributed by atoms with van der Waals surface area (Å²) < 4.78 is 5.05. The van der Waals surface area contributed by atoms with E-state index in [0.717, 1.165) is 19.3 Å². The molecule has 2 aromatic heterocycles. The van der Waals surface area contributed by atoms with Crippen LogP contribution in [-0.2, 0) is 29.0 Å². The van der Waals surface area contributed by atoms with Gasteiger partial charge in [-0.2, -0.15) is 0 Å². The van der Waals surface area contributed by atoms with E-state index in [4.69, 9.17) is 21.1 Å². The van der Waals surface area contributed by atoms with E-state index in [1.165, 1.54) is 0 Å². The second-order valence-electron chi connectivity index (χ2n) is 8.60. The van der Waals surface area contributed by atoms with Gasteiger partial charge in [0.1, 0.15) is 11.6 Å². The van der Waals surface area contributed by atoms with Gasteiger partial charge in [0.05, 0.1) is 12.2 Å². The molecule has 0 aromatic carbocycles. The summed E-state index contributed by atoms with van der Waals surface area (Å²) in [6.07, 6.45) is 3.96. The first kappa shape index (κ1) is 20.2. The van der Waals surface area contributed by atoms with Crippen molar-refractivity contribution in [1.29, 1.82) is 0 Å². The summed E-state index contributed by atoms with van der Waals surface area (Å²) >= 11 is 5.74. The molecule has 2 aromatic rings. The molecule has 0 radical (unpaired) electrons. The Morgan fingerprint density at radius 3 is 2.81 bits per heavy atom. The first-order valence-electron chi connectivity index (χ1n) is 10.8. The molecule has 10 heteroatoms. The molecular formula is C21H24ClN5O4. The number of aryl methyl sites for hydroxylation is 1. The number of nitrogens with one attached hydrogen (secondary N) is 1. The summed E-state index contributed by atoms with van der Waals surface area (Å²) in [4.78, 5) is 48.9. The van der Waals surface area contributed by atoms with Crippen LogP contribution in [0.1, 0.15) is 54.4 Å². The van der Waals surface area contributed by atoms with Crippen molar-refractivity contribution in [3.63, 3.8) is 0 Å². The van der Waals surface area contributed by atoms with Crippen LogP contribution < -0.4 is 5.56 Å². The lowest BCUT2D eigenvalue weighted by molar-refractivity contribution is -0.133. The molecule has 1 N–H and O–H groups in total. The van der Waals surface area contributed by atoms with Crippen molar-refractivity contribution < 1.29 is 14.1 Å². The highest BCUT2D eigenvalue weighted by Gasteiger charge is 2.36. The normalized spacial score (nSPS) is 20.7. The number of aromatic amines is 1. The molecule has 1 saturated heterocycles. The molecule has 1 atom stereocenters. The second-order valence-corrected chi connectivity index (χ2v) is 8.99. The van der Waals surface area contributed by atoms with E-state index in [1.54, 1.807) is 11.0 Å². The molecule has 2 amide bonds. The predicted octanol–water partition coefficient (Wildman–Crippen LogP) is 1.65. The van der Waals surface area contributed by atoms with Crippen LogP contribution in [-0.4, -0.2) is 56.4 Å². The van der Waals surface area contributed by atoms with Gasteiger partial charge in [0.2, 0.25) is 11.8 Å². The number of carbonyl (C=O) groups is 2. The molecule has 3 aliphatic rings. The average Bonchev–Trinajstić information content (AvgIpc) is 3.34. The van der Waals surface area contributed by atoms with E-state index in [2.05, 4.69) is 10.1 Å². The number of nitrogens with zero attached hydrogens (tertiary/aromatic N) is 4. The fourth-order valence-electron chi connectivity index (χ4n) is 4.43. The monoisotopic (exact) mass is 445 g/mol. The lowest BCUT2D eigenvalue weighted by atomic mass is 10.0. The zero-order chi connectivity index (χ0) is 21.5. The molecule has 5 rings (SSSR count). The number of hydrogen-bond acceptors (Lipinski definition) is 6.